The summed E-state index contributed by atoms with van der Waals surface area (Å²) in [6.45, 7) is 0. The van der Waals surface area contributed by atoms with Crippen LogP contribution >= 0.6 is 28.1 Å². The van der Waals surface area contributed by atoms with E-state index in [1.807, 2.05) is 0 Å². The van der Waals surface area contributed by atoms with Crippen LogP contribution in [0.2, 0.25) is 0 Å². The number of halogens is 2. The monoisotopic (exact) mass is 450 g/mol. The van der Waals surface area contributed by atoms with Crippen LogP contribution in [-0.4, -0.2) is 29.1 Å². The van der Waals surface area contributed by atoms with E-state index in [4.69, 9.17) is 17.0 Å². The van der Waals surface area contributed by atoms with Gasteiger partial charge in [-0.1, -0.05) is 28.1 Å². The van der Waals surface area contributed by atoms with Gasteiger partial charge in [0.25, 0.3) is 11.8 Å². The van der Waals surface area contributed by atoms with Gasteiger partial charge in [-0.3, -0.25) is 14.9 Å². The third-order valence-electron chi connectivity index (χ3n) is 3.78. The summed E-state index contributed by atoms with van der Waals surface area (Å²) < 4.78 is 19.8. The number of hydrogen-bond donors (Lipinski definition) is 2. The highest BCUT2D eigenvalue weighted by Gasteiger charge is 2.35. The second-order valence-corrected chi connectivity index (χ2v) is 6.76. The lowest BCUT2D eigenvalue weighted by atomic mass is 10.1. The molecule has 0 saturated carbocycles. The molecular formula is C18H12BrFN2O4S. The van der Waals surface area contributed by atoms with Crippen LogP contribution in [0.4, 0.5) is 10.1 Å². The Morgan fingerprint density at radius 2 is 2.00 bits per heavy atom. The fourth-order valence-corrected chi connectivity index (χ4v) is 3.25. The minimum atomic E-state index is -0.813. The molecular weight excluding hydrogens is 439 g/mol. The normalized spacial score (nSPS) is 15.9. The number of methoxy groups -OCH3 is 1. The summed E-state index contributed by atoms with van der Waals surface area (Å²) in [5.74, 6) is -2.33. The van der Waals surface area contributed by atoms with E-state index in [0.717, 1.165) is 4.90 Å². The molecule has 0 atom stereocenters. The van der Waals surface area contributed by atoms with E-state index in [1.54, 1.807) is 6.07 Å². The fourth-order valence-electron chi connectivity index (χ4n) is 2.52. The molecule has 1 heterocycles. The summed E-state index contributed by atoms with van der Waals surface area (Å²) >= 11 is 8.29. The number of phenols is 1. The molecule has 0 unspecified atom stereocenters. The molecule has 1 aliphatic heterocycles. The molecule has 9 heteroatoms. The van der Waals surface area contributed by atoms with Crippen LogP contribution in [0.1, 0.15) is 5.56 Å². The maximum Gasteiger partial charge on any atom is 0.270 e. The number of thiocarbonyl (C=S) groups is 1. The Bertz CT molecular complexity index is 1010. The Balaban J connectivity index is 2.11. The molecule has 0 aliphatic carbocycles. The smallest absolute Gasteiger partial charge is 0.270 e. The van der Waals surface area contributed by atoms with Gasteiger partial charge >= 0.3 is 0 Å². The Morgan fingerprint density at radius 3 is 2.67 bits per heavy atom. The molecule has 27 heavy (non-hydrogen) atoms. The largest absolute Gasteiger partial charge is 0.504 e. The SMILES string of the molecule is COc1cc(Br)cc(/C=C2\C(=O)NC(=S)N(c3ccccc3F)C2=O)c1O. The molecule has 0 bridgehead atoms. The average molecular weight is 451 g/mol. The van der Waals surface area contributed by atoms with E-state index in [0.29, 0.717) is 4.47 Å². The average Bonchev–Trinajstić information content (AvgIpc) is 2.62. The highest BCUT2D eigenvalue weighted by Crippen LogP contribution is 2.35. The first-order valence-electron chi connectivity index (χ1n) is 7.56. The van der Waals surface area contributed by atoms with Gasteiger partial charge in [-0.05, 0) is 42.6 Å². The zero-order chi connectivity index (χ0) is 19.7. The number of phenolic OH excluding ortho intramolecular Hbond substituents is 1. The Morgan fingerprint density at radius 1 is 1.30 bits per heavy atom. The molecule has 0 radical (unpaired) electrons. The zero-order valence-corrected chi connectivity index (χ0v) is 16.2. The van der Waals surface area contributed by atoms with Crippen LogP contribution in [0.3, 0.4) is 0 Å². The van der Waals surface area contributed by atoms with Crippen molar-refractivity contribution < 1.29 is 23.8 Å². The van der Waals surface area contributed by atoms with Crippen molar-refractivity contribution in [1.82, 2.24) is 5.32 Å². The predicted octanol–water partition coefficient (Wildman–Crippen LogP) is 3.13. The van der Waals surface area contributed by atoms with E-state index in [-0.39, 0.29) is 33.4 Å². The molecule has 1 saturated heterocycles. The second kappa shape index (κ2) is 7.45. The Kier molecular flexibility index (Phi) is 5.24. The summed E-state index contributed by atoms with van der Waals surface area (Å²) in [4.78, 5) is 26.1. The number of carbonyl (C=O) groups is 2. The highest BCUT2D eigenvalue weighted by atomic mass is 79.9. The van der Waals surface area contributed by atoms with E-state index in [1.165, 1.54) is 43.5 Å². The van der Waals surface area contributed by atoms with Gasteiger partial charge in [0.2, 0.25) is 0 Å². The first-order chi connectivity index (χ1) is 12.8. The van der Waals surface area contributed by atoms with Crippen LogP contribution in [-0.2, 0) is 9.59 Å². The molecule has 138 valence electrons. The number of para-hydroxylation sites is 1. The van der Waals surface area contributed by atoms with Crippen LogP contribution < -0.4 is 15.0 Å². The van der Waals surface area contributed by atoms with Gasteiger partial charge < -0.3 is 9.84 Å². The summed E-state index contributed by atoms with van der Waals surface area (Å²) in [6.07, 6.45) is 1.19. The van der Waals surface area contributed by atoms with E-state index < -0.39 is 17.6 Å². The Labute approximate surface area is 167 Å². The molecule has 2 amide bonds. The van der Waals surface area contributed by atoms with Gasteiger partial charge in [0.05, 0.1) is 12.8 Å². The van der Waals surface area contributed by atoms with Gasteiger partial charge in [-0.15, -0.1) is 0 Å². The molecule has 2 N–H and O–H groups in total. The van der Waals surface area contributed by atoms with Crippen LogP contribution in [0.5, 0.6) is 11.5 Å². The molecule has 2 aromatic carbocycles. The topological polar surface area (TPSA) is 78.9 Å². The Hall–Kier alpha value is -2.78. The lowest BCUT2D eigenvalue weighted by Gasteiger charge is -2.29. The van der Waals surface area contributed by atoms with Gasteiger partial charge in [-0.2, -0.15) is 0 Å². The number of benzene rings is 2. The maximum atomic E-state index is 14.1. The van der Waals surface area contributed by atoms with Crippen molar-refractivity contribution in [2.24, 2.45) is 0 Å². The first kappa shape index (κ1) is 19.0. The second-order valence-electron chi connectivity index (χ2n) is 5.46. The van der Waals surface area contributed by atoms with Crippen molar-refractivity contribution in [2.75, 3.05) is 12.0 Å². The van der Waals surface area contributed by atoms with Crippen LogP contribution in [0.25, 0.3) is 6.08 Å². The van der Waals surface area contributed by atoms with Crippen molar-refractivity contribution in [3.63, 3.8) is 0 Å². The number of anilines is 1. The summed E-state index contributed by atoms with van der Waals surface area (Å²) in [5, 5.41) is 12.4. The lowest BCUT2D eigenvalue weighted by molar-refractivity contribution is -0.122. The van der Waals surface area contributed by atoms with Crippen LogP contribution in [0.15, 0.2) is 46.4 Å². The van der Waals surface area contributed by atoms with Crippen molar-refractivity contribution in [3.05, 3.63) is 57.8 Å². The molecule has 0 spiro atoms. The first-order valence-corrected chi connectivity index (χ1v) is 8.76. The van der Waals surface area contributed by atoms with Crippen molar-refractivity contribution in [2.45, 2.75) is 0 Å². The molecule has 1 aliphatic rings. The molecule has 0 aromatic heterocycles. The van der Waals surface area contributed by atoms with Gasteiger partial charge in [0.15, 0.2) is 16.6 Å². The van der Waals surface area contributed by atoms with Gasteiger partial charge in [-0.25, -0.2) is 9.29 Å². The number of nitrogens with one attached hydrogen (secondary N) is 1. The fraction of sp³-hybridized carbons (Fsp3) is 0.0556. The minimum absolute atomic E-state index is 0.0885. The number of carbonyl (C=O) groups excluding carboxylic acids is 2. The van der Waals surface area contributed by atoms with Gasteiger partial charge in [0, 0.05) is 10.0 Å². The standard InChI is InChI=1S/C18H12BrFN2O4S/c1-26-14-8-10(19)6-9(15(14)23)7-11-16(24)21-18(27)22(17(11)25)13-5-3-2-4-12(13)20/h2-8,23H,1H3,(H,21,24,27)/b11-7+. The van der Waals surface area contributed by atoms with Crippen molar-refractivity contribution in [1.29, 1.82) is 0 Å². The van der Waals surface area contributed by atoms with E-state index in [2.05, 4.69) is 21.2 Å². The quantitative estimate of drug-likeness (QED) is 0.426. The number of hydrogen-bond acceptors (Lipinski definition) is 5. The number of rotatable bonds is 3. The maximum absolute atomic E-state index is 14.1. The minimum Gasteiger partial charge on any atom is -0.504 e. The number of ether oxygens (including phenoxy) is 1. The third-order valence-corrected chi connectivity index (χ3v) is 4.53. The summed E-state index contributed by atoms with van der Waals surface area (Å²) in [5.41, 5.74) is -0.238. The molecule has 1 fully saturated rings. The van der Waals surface area contributed by atoms with Gasteiger partial charge in [0.1, 0.15) is 11.4 Å². The van der Waals surface area contributed by atoms with Crippen LogP contribution in [0, 0.1) is 5.82 Å². The van der Waals surface area contributed by atoms with E-state index in [9.17, 15) is 19.1 Å². The summed E-state index contributed by atoms with van der Waals surface area (Å²) in [6, 6.07) is 8.59. The zero-order valence-electron chi connectivity index (χ0n) is 13.8. The molecule has 2 aromatic rings. The highest BCUT2D eigenvalue weighted by molar-refractivity contribution is 9.10. The van der Waals surface area contributed by atoms with E-state index >= 15 is 0 Å². The number of nitrogens with zero attached hydrogens (tertiary/aromatic N) is 1. The molecule has 6 nitrogen and oxygen atoms in total. The number of amides is 2. The number of aromatic hydroxyl groups is 1. The third kappa shape index (κ3) is 3.56. The predicted molar refractivity (Wildman–Crippen MR) is 105 cm³/mol. The molecule has 3 rings (SSSR count). The summed E-state index contributed by atoms with van der Waals surface area (Å²) in [7, 11) is 1.37. The van der Waals surface area contributed by atoms with Crippen molar-refractivity contribution in [3.8, 4) is 11.5 Å². The van der Waals surface area contributed by atoms with Crippen molar-refractivity contribution >= 4 is 56.8 Å². The lowest BCUT2D eigenvalue weighted by Crippen LogP contribution is -2.54.